The highest BCUT2D eigenvalue weighted by molar-refractivity contribution is 6.30. The van der Waals surface area contributed by atoms with Crippen molar-refractivity contribution in [1.82, 2.24) is 5.32 Å². The molecule has 1 atom stereocenters. The molecule has 0 radical (unpaired) electrons. The highest BCUT2D eigenvalue weighted by atomic mass is 35.5. The first-order valence-corrected chi connectivity index (χ1v) is 6.24. The second-order valence-corrected chi connectivity index (χ2v) is 4.35. The van der Waals surface area contributed by atoms with E-state index in [-0.39, 0.29) is 11.9 Å². The molecule has 0 aliphatic carbocycles. The molecule has 0 heterocycles. The van der Waals surface area contributed by atoms with E-state index in [4.69, 9.17) is 16.3 Å². The van der Waals surface area contributed by atoms with Gasteiger partial charge >= 0.3 is 0 Å². The lowest BCUT2D eigenvalue weighted by Gasteiger charge is -2.16. The van der Waals surface area contributed by atoms with E-state index in [0.29, 0.717) is 30.2 Å². The summed E-state index contributed by atoms with van der Waals surface area (Å²) >= 11 is 5.71. The molecular weight excluding hydrogens is 241 g/mol. The Morgan fingerprint density at radius 1 is 1.47 bits per heavy atom. The number of halogens is 2. The van der Waals surface area contributed by atoms with Crippen LogP contribution in [-0.4, -0.2) is 26.3 Å². The van der Waals surface area contributed by atoms with Crippen molar-refractivity contribution in [2.24, 2.45) is 0 Å². The molecule has 0 saturated heterocycles. The minimum atomic E-state index is -0.242. The number of benzene rings is 1. The van der Waals surface area contributed by atoms with Gasteiger partial charge in [-0.3, -0.25) is 0 Å². The normalized spacial score (nSPS) is 12.7. The molecular formula is C13H19ClFNO. The van der Waals surface area contributed by atoms with E-state index >= 15 is 0 Å². The fourth-order valence-corrected chi connectivity index (χ4v) is 1.83. The summed E-state index contributed by atoms with van der Waals surface area (Å²) in [6, 6.07) is 5.03. The van der Waals surface area contributed by atoms with E-state index in [9.17, 15) is 4.39 Å². The predicted molar refractivity (Wildman–Crippen MR) is 69.1 cm³/mol. The first-order chi connectivity index (χ1) is 8.17. The summed E-state index contributed by atoms with van der Waals surface area (Å²) in [7, 11) is 1.88. The molecule has 0 aromatic heterocycles. The quantitative estimate of drug-likeness (QED) is 0.760. The van der Waals surface area contributed by atoms with Gasteiger partial charge in [-0.15, -0.1) is 0 Å². The van der Waals surface area contributed by atoms with E-state index in [2.05, 4.69) is 5.32 Å². The zero-order valence-electron chi connectivity index (χ0n) is 10.3. The molecule has 1 N–H and O–H groups in total. The van der Waals surface area contributed by atoms with Gasteiger partial charge in [0.15, 0.2) is 0 Å². The molecule has 1 aromatic carbocycles. The van der Waals surface area contributed by atoms with Crippen LogP contribution in [0.4, 0.5) is 4.39 Å². The highest BCUT2D eigenvalue weighted by Crippen LogP contribution is 2.16. The van der Waals surface area contributed by atoms with Gasteiger partial charge in [-0.25, -0.2) is 4.39 Å². The maximum Gasteiger partial charge on any atom is 0.127 e. The highest BCUT2D eigenvalue weighted by Gasteiger charge is 2.10. The zero-order valence-corrected chi connectivity index (χ0v) is 11.1. The Morgan fingerprint density at radius 3 is 2.82 bits per heavy atom. The van der Waals surface area contributed by atoms with E-state index in [1.807, 2.05) is 14.0 Å². The third kappa shape index (κ3) is 5.02. The van der Waals surface area contributed by atoms with Crippen LogP contribution < -0.4 is 5.32 Å². The number of nitrogens with one attached hydrogen (secondary N) is 1. The lowest BCUT2D eigenvalue weighted by molar-refractivity contribution is 0.137. The molecule has 0 fully saturated rings. The first-order valence-electron chi connectivity index (χ1n) is 5.86. The lowest BCUT2D eigenvalue weighted by atomic mass is 10.0. The molecule has 0 spiro atoms. The molecule has 4 heteroatoms. The first kappa shape index (κ1) is 14.4. The van der Waals surface area contributed by atoms with Crippen LogP contribution in [0.5, 0.6) is 0 Å². The van der Waals surface area contributed by atoms with Crippen LogP contribution in [0.25, 0.3) is 0 Å². The molecule has 0 amide bonds. The minimum absolute atomic E-state index is 0.220. The Balaban J connectivity index is 2.54. The van der Waals surface area contributed by atoms with Crippen molar-refractivity contribution in [1.29, 1.82) is 0 Å². The molecule has 0 bridgehead atoms. The fraction of sp³-hybridized carbons (Fsp3) is 0.538. The maximum absolute atomic E-state index is 13.6. The van der Waals surface area contributed by atoms with Gasteiger partial charge in [0, 0.05) is 24.3 Å². The number of hydrogen-bond donors (Lipinski definition) is 1. The van der Waals surface area contributed by atoms with Gasteiger partial charge in [0.2, 0.25) is 0 Å². The van der Waals surface area contributed by atoms with Crippen molar-refractivity contribution in [3.05, 3.63) is 34.6 Å². The number of likely N-dealkylation sites (N-methyl/N-ethyl adjacent to an activating group) is 1. The molecule has 17 heavy (non-hydrogen) atoms. The van der Waals surface area contributed by atoms with Crippen LogP contribution in [0.2, 0.25) is 5.02 Å². The van der Waals surface area contributed by atoms with Crippen molar-refractivity contribution in [3.63, 3.8) is 0 Å². The summed E-state index contributed by atoms with van der Waals surface area (Å²) in [4.78, 5) is 0. The van der Waals surface area contributed by atoms with E-state index in [1.165, 1.54) is 6.07 Å². The van der Waals surface area contributed by atoms with Crippen LogP contribution >= 0.6 is 11.6 Å². The van der Waals surface area contributed by atoms with Crippen molar-refractivity contribution in [3.8, 4) is 0 Å². The minimum Gasteiger partial charge on any atom is -0.382 e. The van der Waals surface area contributed by atoms with Crippen molar-refractivity contribution < 1.29 is 9.13 Å². The van der Waals surface area contributed by atoms with Crippen molar-refractivity contribution >= 4 is 11.6 Å². The maximum atomic E-state index is 13.6. The standard InChI is InChI=1S/C13H19ClFNO/c1-3-17-7-6-12(16-2)8-10-4-5-11(14)9-13(10)15/h4-5,9,12,16H,3,6-8H2,1-2H3. The summed E-state index contributed by atoms with van der Waals surface area (Å²) in [5.74, 6) is -0.242. The number of rotatable bonds is 7. The molecule has 1 aromatic rings. The van der Waals surface area contributed by atoms with Gasteiger partial charge in [0.1, 0.15) is 5.82 Å². The summed E-state index contributed by atoms with van der Waals surface area (Å²) in [6.45, 7) is 3.37. The summed E-state index contributed by atoms with van der Waals surface area (Å²) in [5, 5.41) is 3.60. The van der Waals surface area contributed by atoms with Gasteiger partial charge in [-0.05, 0) is 44.5 Å². The van der Waals surface area contributed by atoms with Crippen LogP contribution in [0, 0.1) is 5.82 Å². The summed E-state index contributed by atoms with van der Waals surface area (Å²) in [5.41, 5.74) is 0.685. The summed E-state index contributed by atoms with van der Waals surface area (Å²) in [6.07, 6.45) is 1.51. The Morgan fingerprint density at radius 2 is 2.24 bits per heavy atom. The smallest absolute Gasteiger partial charge is 0.127 e. The monoisotopic (exact) mass is 259 g/mol. The van der Waals surface area contributed by atoms with E-state index in [0.717, 1.165) is 6.42 Å². The molecule has 0 aliphatic heterocycles. The van der Waals surface area contributed by atoms with Crippen LogP contribution in [0.1, 0.15) is 18.9 Å². The van der Waals surface area contributed by atoms with Gasteiger partial charge in [-0.2, -0.15) is 0 Å². The predicted octanol–water partition coefficient (Wildman–Crippen LogP) is 3.04. The van der Waals surface area contributed by atoms with Gasteiger partial charge in [0.05, 0.1) is 0 Å². The Kier molecular flexibility index (Phi) is 6.48. The average Bonchev–Trinajstić information content (AvgIpc) is 2.31. The molecule has 0 saturated carbocycles. The van der Waals surface area contributed by atoms with E-state index in [1.54, 1.807) is 12.1 Å². The second-order valence-electron chi connectivity index (χ2n) is 3.91. The topological polar surface area (TPSA) is 21.3 Å². The Hall–Kier alpha value is -0.640. The Bertz CT molecular complexity index is 346. The van der Waals surface area contributed by atoms with Crippen LogP contribution in [0.3, 0.4) is 0 Å². The van der Waals surface area contributed by atoms with Crippen molar-refractivity contribution in [2.45, 2.75) is 25.8 Å². The Labute approximate surface area is 107 Å². The molecule has 2 nitrogen and oxygen atoms in total. The number of ether oxygens (including phenoxy) is 1. The van der Waals surface area contributed by atoms with E-state index < -0.39 is 0 Å². The fourth-order valence-electron chi connectivity index (χ4n) is 1.67. The van der Waals surface area contributed by atoms with Gasteiger partial charge in [0.25, 0.3) is 0 Å². The van der Waals surface area contributed by atoms with Gasteiger partial charge in [-0.1, -0.05) is 17.7 Å². The lowest BCUT2D eigenvalue weighted by Crippen LogP contribution is -2.29. The summed E-state index contributed by atoms with van der Waals surface area (Å²) < 4.78 is 18.9. The molecule has 1 unspecified atom stereocenters. The zero-order chi connectivity index (χ0) is 12.7. The number of hydrogen-bond acceptors (Lipinski definition) is 2. The SMILES string of the molecule is CCOCCC(Cc1ccc(Cl)cc1F)NC. The van der Waals surface area contributed by atoms with Crippen LogP contribution in [0.15, 0.2) is 18.2 Å². The second kappa shape index (κ2) is 7.64. The largest absolute Gasteiger partial charge is 0.382 e. The molecule has 1 rings (SSSR count). The average molecular weight is 260 g/mol. The molecule has 96 valence electrons. The van der Waals surface area contributed by atoms with Crippen LogP contribution in [-0.2, 0) is 11.2 Å². The van der Waals surface area contributed by atoms with Gasteiger partial charge < -0.3 is 10.1 Å². The third-order valence-electron chi connectivity index (χ3n) is 2.70. The van der Waals surface area contributed by atoms with Crippen molar-refractivity contribution in [2.75, 3.05) is 20.3 Å². The third-order valence-corrected chi connectivity index (χ3v) is 2.94. The molecule has 0 aliphatic rings.